The molecule has 0 aliphatic rings. The van der Waals surface area contributed by atoms with Crippen LogP contribution in [0.1, 0.15) is 90.2 Å². The number of unbranched alkanes of at least 4 members (excludes halogenated alkanes) is 2. The van der Waals surface area contributed by atoms with Crippen LogP contribution in [0.4, 0.5) is 0 Å². The second-order valence-corrected chi connectivity index (χ2v) is 8.38. The SMILES string of the molecule is CCCCC(C(=O)OCC)c1ccccc1.CCCCC(C)(C(=O)OCC)c1ccccc1. The lowest BCUT2D eigenvalue weighted by molar-refractivity contribution is -0.150. The van der Waals surface area contributed by atoms with Crippen LogP contribution in [0.2, 0.25) is 0 Å². The standard InChI is InChI=1S/C15H22O2.C14H20O2/c1-4-6-12-15(3,14(16)17-5-2)13-10-8-7-9-11-13;1-3-5-11-13(14(15)16-4-2)12-9-7-6-8-10-12/h7-11H,4-6,12H2,1-3H3;6-10,13H,3-5,11H2,1-2H3. The van der Waals surface area contributed by atoms with Crippen LogP contribution in [-0.2, 0) is 24.5 Å². The number of carbonyl (C=O) groups is 2. The lowest BCUT2D eigenvalue weighted by Gasteiger charge is -2.27. The number of hydrogen-bond acceptors (Lipinski definition) is 4. The second-order valence-electron chi connectivity index (χ2n) is 8.38. The van der Waals surface area contributed by atoms with Crippen molar-refractivity contribution in [3.05, 3.63) is 71.8 Å². The first kappa shape index (κ1) is 28.4. The van der Waals surface area contributed by atoms with Crippen LogP contribution in [0.3, 0.4) is 0 Å². The molecule has 2 atom stereocenters. The molecule has 0 bridgehead atoms. The average Bonchev–Trinajstić information content (AvgIpc) is 2.84. The molecule has 4 nitrogen and oxygen atoms in total. The Morgan fingerprint density at radius 1 is 0.788 bits per heavy atom. The van der Waals surface area contributed by atoms with Gasteiger partial charge in [0.1, 0.15) is 0 Å². The molecule has 182 valence electrons. The van der Waals surface area contributed by atoms with Gasteiger partial charge >= 0.3 is 11.9 Å². The molecule has 0 heterocycles. The average molecular weight is 455 g/mol. The van der Waals surface area contributed by atoms with Gasteiger partial charge in [0.25, 0.3) is 0 Å². The number of rotatable bonds is 12. The van der Waals surface area contributed by atoms with Gasteiger partial charge in [0, 0.05) is 0 Å². The van der Waals surface area contributed by atoms with E-state index in [0.29, 0.717) is 13.2 Å². The third-order valence-corrected chi connectivity index (χ3v) is 5.79. The molecule has 2 aromatic rings. The van der Waals surface area contributed by atoms with Crippen LogP contribution in [-0.4, -0.2) is 25.2 Å². The van der Waals surface area contributed by atoms with E-state index in [1.807, 2.05) is 81.4 Å². The first-order valence-corrected chi connectivity index (χ1v) is 12.4. The first-order valence-electron chi connectivity index (χ1n) is 12.4. The molecule has 0 spiro atoms. The molecule has 2 aromatic carbocycles. The molecule has 0 fully saturated rings. The number of hydrogen-bond donors (Lipinski definition) is 0. The van der Waals surface area contributed by atoms with Gasteiger partial charge in [-0.05, 0) is 44.7 Å². The second kappa shape index (κ2) is 16.1. The lowest BCUT2D eigenvalue weighted by Crippen LogP contribution is -2.34. The Kier molecular flexibility index (Phi) is 13.8. The quantitative estimate of drug-likeness (QED) is 0.318. The molecule has 0 N–H and O–H groups in total. The molecule has 0 amide bonds. The van der Waals surface area contributed by atoms with Crippen molar-refractivity contribution in [2.45, 2.75) is 84.5 Å². The normalized spacial score (nSPS) is 13.1. The molecule has 33 heavy (non-hydrogen) atoms. The Labute approximate surface area is 200 Å². The zero-order valence-corrected chi connectivity index (χ0v) is 21.1. The van der Waals surface area contributed by atoms with Gasteiger partial charge in [0.15, 0.2) is 0 Å². The molecule has 0 saturated carbocycles. The molecule has 0 saturated heterocycles. The molecule has 0 radical (unpaired) electrons. The largest absolute Gasteiger partial charge is 0.466 e. The van der Waals surface area contributed by atoms with Gasteiger partial charge < -0.3 is 9.47 Å². The molecule has 4 heteroatoms. The fourth-order valence-corrected chi connectivity index (χ4v) is 3.75. The minimum atomic E-state index is -0.507. The lowest BCUT2D eigenvalue weighted by atomic mass is 9.78. The van der Waals surface area contributed by atoms with Crippen molar-refractivity contribution in [2.75, 3.05) is 13.2 Å². The van der Waals surface area contributed by atoms with Crippen molar-refractivity contribution in [3.8, 4) is 0 Å². The molecule has 0 aliphatic carbocycles. The highest BCUT2D eigenvalue weighted by Gasteiger charge is 2.35. The van der Waals surface area contributed by atoms with Gasteiger partial charge in [-0.3, -0.25) is 9.59 Å². The van der Waals surface area contributed by atoms with Crippen molar-refractivity contribution in [1.29, 1.82) is 0 Å². The van der Waals surface area contributed by atoms with E-state index >= 15 is 0 Å². The predicted molar refractivity (Wildman–Crippen MR) is 135 cm³/mol. The summed E-state index contributed by atoms with van der Waals surface area (Å²) in [5, 5.41) is 0. The molecular formula is C29H42O4. The van der Waals surface area contributed by atoms with E-state index in [-0.39, 0.29) is 17.9 Å². The van der Waals surface area contributed by atoms with E-state index in [4.69, 9.17) is 9.47 Å². The van der Waals surface area contributed by atoms with Crippen molar-refractivity contribution < 1.29 is 19.1 Å². The minimum Gasteiger partial charge on any atom is -0.466 e. The van der Waals surface area contributed by atoms with Crippen molar-refractivity contribution in [2.24, 2.45) is 0 Å². The van der Waals surface area contributed by atoms with Gasteiger partial charge in [0.2, 0.25) is 0 Å². The summed E-state index contributed by atoms with van der Waals surface area (Å²) in [6.45, 7) is 10.8. The number of esters is 2. The third-order valence-electron chi connectivity index (χ3n) is 5.79. The Bertz CT molecular complexity index is 788. The van der Waals surface area contributed by atoms with Crippen LogP contribution >= 0.6 is 0 Å². The Balaban J connectivity index is 0.000000331. The first-order chi connectivity index (χ1) is 15.9. The van der Waals surface area contributed by atoms with Gasteiger partial charge in [-0.2, -0.15) is 0 Å². The summed E-state index contributed by atoms with van der Waals surface area (Å²) in [6.07, 6.45) is 5.98. The van der Waals surface area contributed by atoms with Gasteiger partial charge in [-0.25, -0.2) is 0 Å². The summed E-state index contributed by atoms with van der Waals surface area (Å²) < 4.78 is 10.3. The third kappa shape index (κ3) is 9.41. The topological polar surface area (TPSA) is 52.6 Å². The summed E-state index contributed by atoms with van der Waals surface area (Å²) in [5.74, 6) is -0.303. The summed E-state index contributed by atoms with van der Waals surface area (Å²) in [4.78, 5) is 24.0. The maximum absolute atomic E-state index is 12.1. The Morgan fingerprint density at radius 2 is 1.33 bits per heavy atom. The monoisotopic (exact) mass is 454 g/mol. The van der Waals surface area contributed by atoms with Gasteiger partial charge in [-0.1, -0.05) is 100 Å². The summed E-state index contributed by atoms with van der Waals surface area (Å²) in [6, 6.07) is 19.8. The summed E-state index contributed by atoms with van der Waals surface area (Å²) in [5.41, 5.74) is 1.61. The van der Waals surface area contributed by atoms with Crippen LogP contribution in [0, 0.1) is 0 Å². The predicted octanol–water partition coefficient (Wildman–Crippen LogP) is 7.22. The van der Waals surface area contributed by atoms with Crippen LogP contribution < -0.4 is 0 Å². The highest BCUT2D eigenvalue weighted by Crippen LogP contribution is 2.31. The fourth-order valence-electron chi connectivity index (χ4n) is 3.75. The maximum Gasteiger partial charge on any atom is 0.316 e. The molecule has 0 aromatic heterocycles. The van der Waals surface area contributed by atoms with Crippen LogP contribution in [0.5, 0.6) is 0 Å². The van der Waals surface area contributed by atoms with E-state index in [1.54, 1.807) is 0 Å². The highest BCUT2D eigenvalue weighted by molar-refractivity contribution is 5.82. The van der Waals surface area contributed by atoms with Crippen molar-refractivity contribution in [1.82, 2.24) is 0 Å². The zero-order valence-electron chi connectivity index (χ0n) is 21.1. The zero-order chi connectivity index (χ0) is 24.5. The van der Waals surface area contributed by atoms with Gasteiger partial charge in [0.05, 0.1) is 24.5 Å². The maximum atomic E-state index is 12.1. The molecule has 2 unspecified atom stereocenters. The molecule has 2 rings (SSSR count). The number of carbonyl (C=O) groups excluding carboxylic acids is 2. The van der Waals surface area contributed by atoms with E-state index < -0.39 is 5.41 Å². The molecule has 0 aliphatic heterocycles. The summed E-state index contributed by atoms with van der Waals surface area (Å²) in [7, 11) is 0. The minimum absolute atomic E-state index is 0.0952. The van der Waals surface area contributed by atoms with E-state index in [1.165, 1.54) is 0 Å². The van der Waals surface area contributed by atoms with Crippen LogP contribution in [0.15, 0.2) is 60.7 Å². The Morgan fingerprint density at radius 3 is 1.85 bits per heavy atom. The van der Waals surface area contributed by atoms with Gasteiger partial charge in [-0.15, -0.1) is 0 Å². The highest BCUT2D eigenvalue weighted by atomic mass is 16.5. The number of benzene rings is 2. The summed E-state index contributed by atoms with van der Waals surface area (Å²) >= 11 is 0. The Hall–Kier alpha value is -2.62. The van der Waals surface area contributed by atoms with E-state index in [2.05, 4.69) is 13.8 Å². The number of ether oxygens (including phenoxy) is 2. The molecular weight excluding hydrogens is 412 g/mol. The fraction of sp³-hybridized carbons (Fsp3) is 0.517. The van der Waals surface area contributed by atoms with Crippen LogP contribution in [0.25, 0.3) is 0 Å². The smallest absolute Gasteiger partial charge is 0.316 e. The van der Waals surface area contributed by atoms with Crippen molar-refractivity contribution in [3.63, 3.8) is 0 Å². The van der Waals surface area contributed by atoms with E-state index in [0.717, 1.165) is 49.7 Å². The van der Waals surface area contributed by atoms with E-state index in [9.17, 15) is 9.59 Å². The van der Waals surface area contributed by atoms with Crippen molar-refractivity contribution >= 4 is 11.9 Å².